The Morgan fingerprint density at radius 2 is 1.65 bits per heavy atom. The first-order valence-electron chi connectivity index (χ1n) is 8.40. The van der Waals surface area contributed by atoms with Crippen LogP contribution in [0.4, 0.5) is 18.9 Å². The fourth-order valence-corrected chi connectivity index (χ4v) is 2.59. The molecule has 0 saturated heterocycles. The van der Waals surface area contributed by atoms with E-state index in [0.717, 1.165) is 18.1 Å². The summed E-state index contributed by atoms with van der Waals surface area (Å²) in [5.41, 5.74) is 1.96. The molecule has 0 saturated carbocycles. The van der Waals surface area contributed by atoms with Crippen LogP contribution in [0.15, 0.2) is 48.5 Å². The number of amides is 1. The van der Waals surface area contributed by atoms with Gasteiger partial charge >= 0.3 is 6.36 Å². The van der Waals surface area contributed by atoms with Crippen LogP contribution in [0.25, 0.3) is 0 Å². The highest BCUT2D eigenvalue weighted by molar-refractivity contribution is 5.96. The van der Waals surface area contributed by atoms with E-state index in [1.54, 1.807) is 6.92 Å². The molecule has 140 valence electrons. The Morgan fingerprint density at radius 1 is 1.04 bits per heavy atom. The van der Waals surface area contributed by atoms with E-state index in [9.17, 15) is 18.0 Å². The number of alkyl halides is 3. The average molecular weight is 365 g/mol. The number of anilines is 1. The van der Waals surface area contributed by atoms with E-state index >= 15 is 0 Å². The van der Waals surface area contributed by atoms with Gasteiger partial charge in [-0.3, -0.25) is 4.79 Å². The number of hydrogen-bond acceptors (Lipinski definition) is 2. The summed E-state index contributed by atoms with van der Waals surface area (Å²) in [7, 11) is 0. The second-order valence-electron chi connectivity index (χ2n) is 6.59. The number of benzene rings is 2. The Morgan fingerprint density at radius 3 is 2.23 bits per heavy atom. The highest BCUT2D eigenvalue weighted by Crippen LogP contribution is 2.31. The maximum absolute atomic E-state index is 12.5. The SMILES string of the molecule is CC(C)Cc1ccc([C@@H](C)C(=O)Nc2ccccc2OC(F)(F)F)cc1. The van der Waals surface area contributed by atoms with E-state index in [-0.39, 0.29) is 5.69 Å². The predicted molar refractivity (Wildman–Crippen MR) is 95.2 cm³/mol. The van der Waals surface area contributed by atoms with Gasteiger partial charge in [0.05, 0.1) is 11.6 Å². The van der Waals surface area contributed by atoms with Gasteiger partial charge in [0, 0.05) is 0 Å². The minimum absolute atomic E-state index is 0.0156. The molecule has 2 rings (SSSR count). The molecule has 2 aromatic carbocycles. The van der Waals surface area contributed by atoms with Crippen molar-refractivity contribution < 1.29 is 22.7 Å². The fraction of sp³-hybridized carbons (Fsp3) is 0.350. The molecule has 0 aliphatic rings. The number of carbonyl (C=O) groups excluding carboxylic acids is 1. The number of nitrogens with one attached hydrogen (secondary N) is 1. The Labute approximate surface area is 151 Å². The molecule has 0 bridgehead atoms. The zero-order valence-corrected chi connectivity index (χ0v) is 14.9. The minimum atomic E-state index is -4.82. The first-order chi connectivity index (χ1) is 12.2. The van der Waals surface area contributed by atoms with Crippen LogP contribution in [0.3, 0.4) is 0 Å². The van der Waals surface area contributed by atoms with Crippen molar-refractivity contribution >= 4 is 11.6 Å². The molecular formula is C20H22F3NO2. The summed E-state index contributed by atoms with van der Waals surface area (Å²) in [6.07, 6.45) is -3.87. The third-order valence-corrected chi connectivity index (χ3v) is 3.89. The van der Waals surface area contributed by atoms with E-state index in [4.69, 9.17) is 0 Å². The number of ether oxygens (including phenoxy) is 1. The topological polar surface area (TPSA) is 38.3 Å². The van der Waals surface area contributed by atoms with E-state index in [1.807, 2.05) is 24.3 Å². The smallest absolute Gasteiger partial charge is 0.404 e. The molecule has 1 N–H and O–H groups in total. The predicted octanol–water partition coefficient (Wildman–Crippen LogP) is 5.53. The maximum atomic E-state index is 12.5. The first kappa shape index (κ1) is 19.8. The number of hydrogen-bond donors (Lipinski definition) is 1. The van der Waals surface area contributed by atoms with Crippen LogP contribution in [-0.2, 0) is 11.2 Å². The van der Waals surface area contributed by atoms with Crippen LogP contribution in [0.2, 0.25) is 0 Å². The second kappa shape index (κ2) is 8.25. The third kappa shape index (κ3) is 5.79. The van der Waals surface area contributed by atoms with Crippen molar-refractivity contribution in [1.82, 2.24) is 0 Å². The minimum Gasteiger partial charge on any atom is -0.404 e. The van der Waals surface area contributed by atoms with Gasteiger partial charge in [0.25, 0.3) is 0 Å². The molecule has 0 spiro atoms. The van der Waals surface area contributed by atoms with E-state index < -0.39 is 23.9 Å². The Kier molecular flexibility index (Phi) is 6.29. The van der Waals surface area contributed by atoms with Gasteiger partial charge in [0.15, 0.2) is 5.75 Å². The van der Waals surface area contributed by atoms with Crippen LogP contribution in [0.1, 0.15) is 37.8 Å². The normalized spacial score (nSPS) is 12.7. The molecule has 0 unspecified atom stereocenters. The number of halogens is 3. The molecule has 0 aliphatic carbocycles. The molecule has 0 fully saturated rings. The van der Waals surface area contributed by atoms with Gasteiger partial charge in [-0.1, -0.05) is 50.2 Å². The van der Waals surface area contributed by atoms with Gasteiger partial charge in [-0.15, -0.1) is 13.2 Å². The lowest BCUT2D eigenvalue weighted by molar-refractivity contribution is -0.274. The summed E-state index contributed by atoms with van der Waals surface area (Å²) in [6, 6.07) is 13.2. The van der Waals surface area contributed by atoms with Crippen LogP contribution in [0, 0.1) is 5.92 Å². The van der Waals surface area contributed by atoms with Gasteiger partial charge in [0.2, 0.25) is 5.91 Å². The summed E-state index contributed by atoms with van der Waals surface area (Å²) in [5.74, 6) is -0.818. The lowest BCUT2D eigenvalue weighted by Crippen LogP contribution is -2.22. The molecule has 0 aromatic heterocycles. The molecule has 3 nitrogen and oxygen atoms in total. The van der Waals surface area contributed by atoms with Crippen molar-refractivity contribution in [1.29, 1.82) is 0 Å². The number of carbonyl (C=O) groups is 1. The highest BCUT2D eigenvalue weighted by atomic mass is 19.4. The van der Waals surface area contributed by atoms with Crippen molar-refractivity contribution in [3.8, 4) is 5.75 Å². The lowest BCUT2D eigenvalue weighted by Gasteiger charge is -2.17. The molecule has 1 amide bonds. The summed E-state index contributed by atoms with van der Waals surface area (Å²) in [4.78, 5) is 12.4. The monoisotopic (exact) mass is 365 g/mol. The van der Waals surface area contributed by atoms with Crippen molar-refractivity contribution in [3.63, 3.8) is 0 Å². The van der Waals surface area contributed by atoms with Crippen LogP contribution in [0.5, 0.6) is 5.75 Å². The first-order valence-corrected chi connectivity index (χ1v) is 8.40. The molecule has 26 heavy (non-hydrogen) atoms. The lowest BCUT2D eigenvalue weighted by atomic mass is 9.96. The van der Waals surface area contributed by atoms with Crippen molar-refractivity contribution in [2.75, 3.05) is 5.32 Å². The Hall–Kier alpha value is -2.50. The maximum Gasteiger partial charge on any atom is 0.573 e. The molecule has 0 heterocycles. The van der Waals surface area contributed by atoms with Crippen molar-refractivity contribution in [3.05, 3.63) is 59.7 Å². The van der Waals surface area contributed by atoms with Gasteiger partial charge in [-0.2, -0.15) is 0 Å². The van der Waals surface area contributed by atoms with Crippen LogP contribution < -0.4 is 10.1 Å². The highest BCUT2D eigenvalue weighted by Gasteiger charge is 2.32. The average Bonchev–Trinajstić information content (AvgIpc) is 2.55. The van der Waals surface area contributed by atoms with E-state index in [1.165, 1.54) is 23.8 Å². The van der Waals surface area contributed by atoms with Crippen LogP contribution >= 0.6 is 0 Å². The largest absolute Gasteiger partial charge is 0.573 e. The van der Waals surface area contributed by atoms with E-state index in [2.05, 4.69) is 23.9 Å². The quantitative estimate of drug-likeness (QED) is 0.731. The molecular weight excluding hydrogens is 343 g/mol. The number of para-hydroxylation sites is 2. The molecule has 2 aromatic rings. The Bertz CT molecular complexity index is 739. The fourth-order valence-electron chi connectivity index (χ4n) is 2.59. The zero-order valence-electron chi connectivity index (χ0n) is 14.9. The van der Waals surface area contributed by atoms with Crippen molar-refractivity contribution in [2.45, 2.75) is 39.5 Å². The molecule has 6 heteroatoms. The van der Waals surface area contributed by atoms with E-state index in [0.29, 0.717) is 5.92 Å². The standard InChI is InChI=1S/C20H22F3NO2/c1-13(2)12-15-8-10-16(11-9-15)14(3)19(25)24-17-6-4-5-7-18(17)26-20(21,22)23/h4-11,13-14H,12H2,1-3H3,(H,24,25)/t14-/m1/s1. The van der Waals surface area contributed by atoms with Gasteiger partial charge in [-0.05, 0) is 42.5 Å². The summed E-state index contributed by atoms with van der Waals surface area (Å²) in [5, 5.41) is 2.51. The van der Waals surface area contributed by atoms with Gasteiger partial charge in [0.1, 0.15) is 0 Å². The summed E-state index contributed by atoms with van der Waals surface area (Å²) >= 11 is 0. The third-order valence-electron chi connectivity index (χ3n) is 3.89. The Balaban J connectivity index is 2.10. The van der Waals surface area contributed by atoms with Gasteiger partial charge in [-0.25, -0.2) is 0 Å². The summed E-state index contributed by atoms with van der Waals surface area (Å²) < 4.78 is 41.4. The van der Waals surface area contributed by atoms with Crippen molar-refractivity contribution in [2.24, 2.45) is 5.92 Å². The van der Waals surface area contributed by atoms with Gasteiger partial charge < -0.3 is 10.1 Å². The number of rotatable bonds is 6. The molecule has 1 atom stereocenters. The summed E-state index contributed by atoms with van der Waals surface area (Å²) in [6.45, 7) is 5.97. The molecule has 0 radical (unpaired) electrons. The second-order valence-corrected chi connectivity index (χ2v) is 6.59. The zero-order chi connectivity index (χ0) is 19.3. The molecule has 0 aliphatic heterocycles. The van der Waals surface area contributed by atoms with Crippen LogP contribution in [-0.4, -0.2) is 12.3 Å².